The Balaban J connectivity index is 1.22. The molecule has 2 aliphatic carbocycles. The quantitative estimate of drug-likeness (QED) is 0.473. The fourth-order valence-electron chi connectivity index (χ4n) is 5.31. The lowest BCUT2D eigenvalue weighted by atomic mass is 9.91. The van der Waals surface area contributed by atoms with Crippen LogP contribution in [0, 0.1) is 6.92 Å². The Morgan fingerprint density at radius 1 is 1.06 bits per heavy atom. The molecule has 0 saturated heterocycles. The minimum atomic E-state index is -0.172. The molecule has 1 aromatic carbocycles. The van der Waals surface area contributed by atoms with E-state index in [9.17, 15) is 4.79 Å². The third-order valence-electron chi connectivity index (χ3n) is 7.20. The van der Waals surface area contributed by atoms with Crippen LogP contribution in [-0.2, 0) is 12.8 Å². The lowest BCUT2D eigenvalue weighted by Gasteiger charge is -2.30. The zero-order valence-electron chi connectivity index (χ0n) is 21.1. The molecular weight excluding hydrogens is 476 g/mol. The van der Waals surface area contributed by atoms with Gasteiger partial charge in [0, 0.05) is 37.3 Å². The number of nitrogens with one attached hydrogen (secondary N) is 2. The van der Waals surface area contributed by atoms with Gasteiger partial charge in [0.15, 0.2) is 0 Å². The summed E-state index contributed by atoms with van der Waals surface area (Å²) in [7, 11) is 4.09. The van der Waals surface area contributed by atoms with Crippen molar-refractivity contribution in [2.24, 2.45) is 0 Å². The van der Waals surface area contributed by atoms with E-state index in [0.29, 0.717) is 27.6 Å². The van der Waals surface area contributed by atoms with E-state index in [1.165, 1.54) is 24.1 Å². The number of aromatic nitrogens is 3. The number of hydrogen-bond acceptors (Lipinski definition) is 7. The van der Waals surface area contributed by atoms with E-state index in [4.69, 9.17) is 26.1 Å². The van der Waals surface area contributed by atoms with Crippen LogP contribution in [0.15, 0.2) is 28.8 Å². The molecule has 0 spiro atoms. The van der Waals surface area contributed by atoms with Crippen molar-refractivity contribution < 1.29 is 9.32 Å². The van der Waals surface area contributed by atoms with Crippen LogP contribution in [0.2, 0.25) is 5.02 Å². The van der Waals surface area contributed by atoms with Gasteiger partial charge in [-0.3, -0.25) is 4.79 Å². The number of fused-ring (bicyclic) bond motifs is 1. The third-order valence-corrected chi connectivity index (χ3v) is 7.53. The molecule has 2 heterocycles. The molecule has 9 heteroatoms. The molecule has 1 fully saturated rings. The van der Waals surface area contributed by atoms with Crippen LogP contribution in [-0.4, -0.2) is 47.2 Å². The molecule has 0 aliphatic heterocycles. The second kappa shape index (κ2) is 10.5. The van der Waals surface area contributed by atoms with Crippen LogP contribution >= 0.6 is 11.6 Å². The fourth-order valence-corrected chi connectivity index (χ4v) is 5.53. The summed E-state index contributed by atoms with van der Waals surface area (Å²) >= 11 is 6.35. The van der Waals surface area contributed by atoms with E-state index in [1.54, 1.807) is 13.0 Å². The van der Waals surface area contributed by atoms with Gasteiger partial charge in [-0.2, -0.15) is 4.98 Å². The van der Waals surface area contributed by atoms with Crippen molar-refractivity contribution in [2.45, 2.75) is 70.4 Å². The Morgan fingerprint density at radius 3 is 2.53 bits per heavy atom. The van der Waals surface area contributed by atoms with Crippen LogP contribution in [0.25, 0.3) is 11.3 Å². The summed E-state index contributed by atoms with van der Waals surface area (Å²) in [5.41, 5.74) is 4.09. The standard InChI is InChI=1S/C27H33ClN6O2/c1-16-23(24(33-36-16)19-8-4-6-10-21(19)28)26(35)29-17-12-14-18(15-13-17)30-27-31-22-11-7-5-9-20(22)25(32-27)34(2)3/h4,6,8,10,17-18H,5,7,9,11-15H2,1-3H3,(H,29,35)(H,30,31,32)/t17-,18+. The lowest BCUT2D eigenvalue weighted by Crippen LogP contribution is -2.40. The fraction of sp³-hybridized carbons (Fsp3) is 0.481. The third kappa shape index (κ3) is 5.05. The Bertz CT molecular complexity index is 1250. The second-order valence-corrected chi connectivity index (χ2v) is 10.4. The highest BCUT2D eigenvalue weighted by atomic mass is 35.5. The smallest absolute Gasteiger partial charge is 0.257 e. The number of hydrogen-bond donors (Lipinski definition) is 2. The number of carbonyl (C=O) groups excluding carboxylic acids is 1. The molecular formula is C27H33ClN6O2. The average molecular weight is 509 g/mol. The first-order chi connectivity index (χ1) is 17.4. The summed E-state index contributed by atoms with van der Waals surface area (Å²) in [6.45, 7) is 1.75. The van der Waals surface area contributed by atoms with Gasteiger partial charge in [0.1, 0.15) is 22.8 Å². The first kappa shape index (κ1) is 24.6. The van der Waals surface area contributed by atoms with Crippen molar-refractivity contribution >= 4 is 29.3 Å². The van der Waals surface area contributed by atoms with E-state index < -0.39 is 0 Å². The normalized spacial score (nSPS) is 19.4. The summed E-state index contributed by atoms with van der Waals surface area (Å²) < 4.78 is 5.37. The topological polar surface area (TPSA) is 96.2 Å². The molecule has 2 aromatic heterocycles. The van der Waals surface area contributed by atoms with Gasteiger partial charge in [0.25, 0.3) is 5.91 Å². The predicted molar refractivity (Wildman–Crippen MR) is 142 cm³/mol. The molecule has 190 valence electrons. The first-order valence-electron chi connectivity index (χ1n) is 12.8. The van der Waals surface area contributed by atoms with Crippen LogP contribution in [0.3, 0.4) is 0 Å². The van der Waals surface area contributed by atoms with Crippen molar-refractivity contribution in [3.63, 3.8) is 0 Å². The maximum atomic E-state index is 13.2. The lowest BCUT2D eigenvalue weighted by molar-refractivity contribution is 0.0925. The summed E-state index contributed by atoms with van der Waals surface area (Å²) in [6, 6.07) is 7.72. The average Bonchev–Trinajstić information content (AvgIpc) is 3.26. The van der Waals surface area contributed by atoms with E-state index >= 15 is 0 Å². The molecule has 5 rings (SSSR count). The van der Waals surface area contributed by atoms with E-state index in [1.807, 2.05) is 32.3 Å². The number of rotatable bonds is 6. The molecule has 2 aliphatic rings. The molecule has 0 bridgehead atoms. The van der Waals surface area contributed by atoms with Gasteiger partial charge in [0.05, 0.1) is 10.7 Å². The minimum absolute atomic E-state index is 0.0886. The SMILES string of the molecule is Cc1onc(-c2ccccc2Cl)c1C(=O)N[C@H]1CC[C@@H](Nc2nc3c(c(N(C)C)n2)CCCC3)CC1. The van der Waals surface area contributed by atoms with Crippen LogP contribution < -0.4 is 15.5 Å². The summed E-state index contributed by atoms with van der Waals surface area (Å²) in [4.78, 5) is 25.0. The number of halogens is 1. The van der Waals surface area contributed by atoms with Gasteiger partial charge in [-0.25, -0.2) is 4.98 Å². The number of aryl methyl sites for hydroxylation is 2. The Morgan fingerprint density at radius 2 is 1.78 bits per heavy atom. The van der Waals surface area contributed by atoms with Crippen LogP contribution in [0.1, 0.15) is 65.9 Å². The number of amides is 1. The molecule has 1 amide bonds. The molecule has 3 aromatic rings. The predicted octanol–water partition coefficient (Wildman–Crippen LogP) is 5.19. The van der Waals surface area contributed by atoms with Gasteiger partial charge in [0.2, 0.25) is 5.95 Å². The van der Waals surface area contributed by atoms with Crippen molar-refractivity contribution in [3.05, 3.63) is 51.9 Å². The molecule has 2 N–H and O–H groups in total. The number of benzene rings is 1. The number of anilines is 2. The van der Waals surface area contributed by atoms with E-state index in [-0.39, 0.29) is 18.0 Å². The van der Waals surface area contributed by atoms with Crippen molar-refractivity contribution in [2.75, 3.05) is 24.3 Å². The zero-order valence-corrected chi connectivity index (χ0v) is 21.9. The second-order valence-electron chi connectivity index (χ2n) is 10.0. The molecule has 0 radical (unpaired) electrons. The summed E-state index contributed by atoms with van der Waals surface area (Å²) in [6.07, 6.45) is 8.08. The largest absolute Gasteiger partial charge is 0.362 e. The Kier molecular flexibility index (Phi) is 7.14. The van der Waals surface area contributed by atoms with Crippen LogP contribution in [0.4, 0.5) is 11.8 Å². The van der Waals surface area contributed by atoms with Crippen LogP contribution in [0.5, 0.6) is 0 Å². The van der Waals surface area contributed by atoms with Gasteiger partial charge in [-0.1, -0.05) is 35.0 Å². The van der Waals surface area contributed by atoms with E-state index in [0.717, 1.165) is 50.3 Å². The van der Waals surface area contributed by atoms with Gasteiger partial charge < -0.3 is 20.1 Å². The van der Waals surface area contributed by atoms with Gasteiger partial charge in [-0.15, -0.1) is 0 Å². The molecule has 0 atom stereocenters. The summed E-state index contributed by atoms with van der Waals surface area (Å²) in [5.74, 6) is 2.06. The molecule has 0 unspecified atom stereocenters. The highest BCUT2D eigenvalue weighted by Crippen LogP contribution is 2.32. The maximum Gasteiger partial charge on any atom is 0.257 e. The highest BCUT2D eigenvalue weighted by Gasteiger charge is 2.28. The molecule has 1 saturated carbocycles. The summed E-state index contributed by atoms with van der Waals surface area (Å²) in [5, 5.41) is 11.4. The van der Waals surface area contributed by atoms with Crippen molar-refractivity contribution in [3.8, 4) is 11.3 Å². The van der Waals surface area contributed by atoms with Gasteiger partial charge >= 0.3 is 0 Å². The van der Waals surface area contributed by atoms with Crippen molar-refractivity contribution in [1.29, 1.82) is 0 Å². The number of carbonyl (C=O) groups is 1. The maximum absolute atomic E-state index is 13.2. The van der Waals surface area contributed by atoms with E-state index in [2.05, 4.69) is 20.7 Å². The Hall–Kier alpha value is -3.13. The number of nitrogens with zero attached hydrogens (tertiary/aromatic N) is 4. The Labute approximate surface area is 216 Å². The molecule has 8 nitrogen and oxygen atoms in total. The zero-order chi connectivity index (χ0) is 25.2. The van der Waals surface area contributed by atoms with Gasteiger partial charge in [-0.05, 0) is 64.4 Å². The van der Waals surface area contributed by atoms with Crippen molar-refractivity contribution in [1.82, 2.24) is 20.4 Å². The minimum Gasteiger partial charge on any atom is -0.362 e. The first-order valence-corrected chi connectivity index (χ1v) is 13.1. The highest BCUT2D eigenvalue weighted by molar-refractivity contribution is 6.33. The molecule has 36 heavy (non-hydrogen) atoms. The monoisotopic (exact) mass is 508 g/mol.